The van der Waals surface area contributed by atoms with E-state index in [2.05, 4.69) is 5.32 Å². The first-order valence-electron chi connectivity index (χ1n) is 11.5. The van der Waals surface area contributed by atoms with Crippen molar-refractivity contribution in [1.82, 2.24) is 14.5 Å². The van der Waals surface area contributed by atoms with Crippen LogP contribution in [0.3, 0.4) is 0 Å². The summed E-state index contributed by atoms with van der Waals surface area (Å²) in [4.78, 5) is 28.2. The lowest BCUT2D eigenvalue weighted by atomic mass is 10.1. The number of methoxy groups -OCH3 is 1. The van der Waals surface area contributed by atoms with E-state index in [0.717, 1.165) is 14.2 Å². The Bertz CT molecular complexity index is 1090. The van der Waals surface area contributed by atoms with Gasteiger partial charge in [0.25, 0.3) is 0 Å². The van der Waals surface area contributed by atoms with Gasteiger partial charge in [-0.25, -0.2) is 4.31 Å². The number of hydrogen-bond donors (Lipinski definition) is 1. The van der Waals surface area contributed by atoms with Gasteiger partial charge in [-0.2, -0.15) is 12.7 Å². The molecule has 2 aromatic carbocycles. The van der Waals surface area contributed by atoms with Gasteiger partial charge in [0, 0.05) is 26.7 Å². The van der Waals surface area contributed by atoms with Crippen LogP contribution in [0.2, 0.25) is 0 Å². The second-order valence-corrected chi connectivity index (χ2v) is 10.7. The molecular weight excluding hydrogens is 468 g/mol. The van der Waals surface area contributed by atoms with Crippen molar-refractivity contribution in [2.24, 2.45) is 0 Å². The second-order valence-electron chi connectivity index (χ2n) is 8.59. The van der Waals surface area contributed by atoms with E-state index in [1.807, 2.05) is 26.8 Å². The molecule has 0 heterocycles. The van der Waals surface area contributed by atoms with Gasteiger partial charge in [-0.15, -0.1) is 0 Å². The molecule has 0 aromatic heterocycles. The van der Waals surface area contributed by atoms with E-state index in [1.54, 1.807) is 55.6 Å². The molecule has 0 bridgehead atoms. The molecule has 2 amide bonds. The minimum atomic E-state index is -3.98. The Morgan fingerprint density at radius 3 is 2.23 bits per heavy atom. The molecular formula is C25H36N4O5S. The van der Waals surface area contributed by atoms with Crippen LogP contribution < -0.4 is 14.4 Å². The Labute approximate surface area is 208 Å². The molecule has 0 fully saturated rings. The van der Waals surface area contributed by atoms with Gasteiger partial charge in [0.2, 0.25) is 11.8 Å². The molecule has 9 nitrogen and oxygen atoms in total. The molecule has 10 heteroatoms. The quantitative estimate of drug-likeness (QED) is 0.479. The Morgan fingerprint density at radius 1 is 1.03 bits per heavy atom. The molecule has 2 rings (SSSR count). The van der Waals surface area contributed by atoms with Crippen LogP contribution in [-0.2, 0) is 26.3 Å². The standard InChI is InChI=1S/C25H36N4O5S/c1-7-23(25(31)26-19(2)3)28(17-20-12-11-15-22(16-20)34-6)24(30)18-29(35(32,33)27(4)5)21-13-9-8-10-14-21/h8-16,19,23H,7,17-18H2,1-6H3,(H,26,31)/t23-/m1/s1. The SMILES string of the molecule is CC[C@H](C(=O)NC(C)C)N(Cc1cccc(OC)c1)C(=O)CN(c1ccccc1)S(=O)(=O)N(C)C. The highest BCUT2D eigenvalue weighted by atomic mass is 32.2. The molecule has 0 aliphatic heterocycles. The van der Waals surface area contributed by atoms with Gasteiger partial charge in [-0.05, 0) is 50.1 Å². The summed E-state index contributed by atoms with van der Waals surface area (Å²) in [6.07, 6.45) is 0.361. The maximum absolute atomic E-state index is 13.7. The van der Waals surface area contributed by atoms with Crippen molar-refractivity contribution in [3.63, 3.8) is 0 Å². The highest BCUT2D eigenvalue weighted by Crippen LogP contribution is 2.22. The molecule has 1 atom stereocenters. The minimum absolute atomic E-state index is 0.111. The van der Waals surface area contributed by atoms with E-state index >= 15 is 0 Å². The molecule has 0 spiro atoms. The fraction of sp³-hybridized carbons (Fsp3) is 0.440. The fourth-order valence-corrected chi connectivity index (χ4v) is 4.63. The van der Waals surface area contributed by atoms with E-state index in [4.69, 9.17) is 4.74 Å². The topological polar surface area (TPSA) is 99.3 Å². The summed E-state index contributed by atoms with van der Waals surface area (Å²) < 4.78 is 33.7. The number of benzene rings is 2. The smallest absolute Gasteiger partial charge is 0.304 e. The minimum Gasteiger partial charge on any atom is -0.497 e. The van der Waals surface area contributed by atoms with E-state index in [1.165, 1.54) is 19.0 Å². The summed E-state index contributed by atoms with van der Waals surface area (Å²) in [7, 11) is 0.398. The summed E-state index contributed by atoms with van der Waals surface area (Å²) in [5, 5.41) is 2.87. The zero-order valence-electron chi connectivity index (χ0n) is 21.3. The monoisotopic (exact) mass is 504 g/mol. The summed E-state index contributed by atoms with van der Waals surface area (Å²) in [5.41, 5.74) is 1.12. The van der Waals surface area contributed by atoms with E-state index in [-0.39, 0.29) is 18.5 Å². The number of ether oxygens (including phenoxy) is 1. The van der Waals surface area contributed by atoms with Gasteiger partial charge in [-0.1, -0.05) is 37.3 Å². The largest absolute Gasteiger partial charge is 0.497 e. The van der Waals surface area contributed by atoms with E-state index in [9.17, 15) is 18.0 Å². The van der Waals surface area contributed by atoms with Gasteiger partial charge in [0.15, 0.2) is 0 Å². The van der Waals surface area contributed by atoms with Crippen molar-refractivity contribution >= 4 is 27.7 Å². The van der Waals surface area contributed by atoms with Gasteiger partial charge < -0.3 is 15.0 Å². The van der Waals surface area contributed by atoms with Gasteiger partial charge in [0.1, 0.15) is 18.3 Å². The molecule has 0 unspecified atom stereocenters. The molecule has 1 N–H and O–H groups in total. The number of para-hydroxylation sites is 1. The van der Waals surface area contributed by atoms with Crippen LogP contribution in [0, 0.1) is 0 Å². The van der Waals surface area contributed by atoms with Crippen LogP contribution in [0.25, 0.3) is 0 Å². The third-order valence-corrected chi connectivity index (χ3v) is 7.19. The van der Waals surface area contributed by atoms with Gasteiger partial charge >= 0.3 is 10.2 Å². The average Bonchev–Trinajstić information content (AvgIpc) is 2.82. The van der Waals surface area contributed by atoms with Gasteiger partial charge in [0.05, 0.1) is 12.8 Å². The summed E-state index contributed by atoms with van der Waals surface area (Å²) in [5.74, 6) is -0.163. The Morgan fingerprint density at radius 2 is 1.69 bits per heavy atom. The van der Waals surface area contributed by atoms with Crippen LogP contribution in [0.5, 0.6) is 5.75 Å². The van der Waals surface area contributed by atoms with Crippen molar-refractivity contribution in [3.05, 3.63) is 60.2 Å². The molecule has 0 aliphatic carbocycles. The lowest BCUT2D eigenvalue weighted by molar-refractivity contribution is -0.140. The summed E-state index contributed by atoms with van der Waals surface area (Å²) >= 11 is 0. The highest BCUT2D eigenvalue weighted by molar-refractivity contribution is 7.90. The van der Waals surface area contributed by atoms with Crippen LogP contribution in [-0.4, -0.2) is 69.3 Å². The van der Waals surface area contributed by atoms with Crippen LogP contribution >= 0.6 is 0 Å². The fourth-order valence-electron chi connectivity index (χ4n) is 3.58. The van der Waals surface area contributed by atoms with Crippen LogP contribution in [0.15, 0.2) is 54.6 Å². The third kappa shape index (κ3) is 7.43. The van der Waals surface area contributed by atoms with Crippen molar-refractivity contribution < 1.29 is 22.7 Å². The molecule has 0 saturated heterocycles. The number of hydrogen-bond acceptors (Lipinski definition) is 5. The lowest BCUT2D eigenvalue weighted by Gasteiger charge is -2.34. The Balaban J connectivity index is 2.49. The number of anilines is 1. The predicted octanol–water partition coefficient (Wildman–Crippen LogP) is 2.64. The number of nitrogens with zero attached hydrogens (tertiary/aromatic N) is 3. The number of rotatable bonds is 12. The zero-order chi connectivity index (χ0) is 26.2. The van der Waals surface area contributed by atoms with Crippen molar-refractivity contribution in [3.8, 4) is 5.75 Å². The lowest BCUT2D eigenvalue weighted by Crippen LogP contribution is -2.54. The molecule has 35 heavy (non-hydrogen) atoms. The first-order valence-corrected chi connectivity index (χ1v) is 12.9. The maximum Gasteiger partial charge on any atom is 0.304 e. The van der Waals surface area contributed by atoms with Crippen molar-refractivity contribution in [2.75, 3.05) is 32.1 Å². The summed E-state index contributed by atoms with van der Waals surface area (Å²) in [6, 6.07) is 14.8. The zero-order valence-corrected chi connectivity index (χ0v) is 22.1. The maximum atomic E-state index is 13.7. The van der Waals surface area contributed by atoms with Crippen molar-refractivity contribution in [1.29, 1.82) is 0 Å². The second kappa shape index (κ2) is 12.6. The number of nitrogens with one attached hydrogen (secondary N) is 1. The Hall–Kier alpha value is -3.11. The molecule has 192 valence electrons. The highest BCUT2D eigenvalue weighted by Gasteiger charge is 2.33. The van der Waals surface area contributed by atoms with Crippen molar-refractivity contribution in [2.45, 2.75) is 45.8 Å². The van der Waals surface area contributed by atoms with Crippen LogP contribution in [0.1, 0.15) is 32.8 Å². The average molecular weight is 505 g/mol. The predicted molar refractivity (Wildman–Crippen MR) is 137 cm³/mol. The normalized spacial score (nSPS) is 12.3. The number of carbonyl (C=O) groups excluding carboxylic acids is 2. The third-order valence-electron chi connectivity index (χ3n) is 5.37. The molecule has 0 aliphatic rings. The molecule has 0 radical (unpaired) electrons. The van der Waals surface area contributed by atoms with Gasteiger partial charge in [-0.3, -0.25) is 9.59 Å². The molecule has 2 aromatic rings. The first kappa shape index (κ1) is 28.1. The summed E-state index contributed by atoms with van der Waals surface area (Å²) in [6.45, 7) is 5.17. The molecule has 0 saturated carbocycles. The van der Waals surface area contributed by atoms with E-state index < -0.39 is 28.7 Å². The number of amides is 2. The Kier molecular flexibility index (Phi) is 10.1. The first-order chi connectivity index (χ1) is 16.5. The van der Waals surface area contributed by atoms with Crippen LogP contribution in [0.4, 0.5) is 5.69 Å². The number of carbonyl (C=O) groups is 2. The van der Waals surface area contributed by atoms with E-state index in [0.29, 0.717) is 17.9 Å².